The highest BCUT2D eigenvalue weighted by Crippen LogP contribution is 2.25. The molecule has 6 heteroatoms. The molecular formula is C24H17FN2O3. The van der Waals surface area contributed by atoms with Crippen molar-refractivity contribution in [1.29, 1.82) is 0 Å². The van der Waals surface area contributed by atoms with Crippen molar-refractivity contribution in [3.05, 3.63) is 118 Å². The summed E-state index contributed by atoms with van der Waals surface area (Å²) >= 11 is 0. The molecule has 0 unspecified atom stereocenters. The highest BCUT2D eigenvalue weighted by Gasteiger charge is 2.17. The van der Waals surface area contributed by atoms with Crippen LogP contribution in [0.1, 0.15) is 15.9 Å². The number of aromatic nitrogens is 1. The molecule has 148 valence electrons. The van der Waals surface area contributed by atoms with Gasteiger partial charge in [0, 0.05) is 17.7 Å². The molecule has 3 aromatic carbocycles. The van der Waals surface area contributed by atoms with Crippen LogP contribution >= 0.6 is 0 Å². The number of carbonyl (C=O) groups is 1. The van der Waals surface area contributed by atoms with E-state index >= 15 is 0 Å². The van der Waals surface area contributed by atoms with Crippen LogP contribution in [0.3, 0.4) is 0 Å². The minimum Gasteiger partial charge on any atom is -0.457 e. The van der Waals surface area contributed by atoms with E-state index < -0.39 is 11.6 Å². The van der Waals surface area contributed by atoms with E-state index in [-0.39, 0.29) is 22.5 Å². The van der Waals surface area contributed by atoms with Crippen molar-refractivity contribution < 1.29 is 13.9 Å². The second-order valence-corrected chi connectivity index (χ2v) is 6.55. The van der Waals surface area contributed by atoms with E-state index in [0.717, 1.165) is 0 Å². The molecule has 1 heterocycles. The molecule has 0 aliphatic carbocycles. The van der Waals surface area contributed by atoms with Crippen LogP contribution in [0.2, 0.25) is 0 Å². The molecule has 0 fully saturated rings. The van der Waals surface area contributed by atoms with Crippen LogP contribution in [-0.4, -0.2) is 10.4 Å². The van der Waals surface area contributed by atoms with Gasteiger partial charge in [0.1, 0.15) is 23.1 Å². The average Bonchev–Trinajstić information content (AvgIpc) is 2.75. The SMILES string of the molecule is Nc1c(C(=O)c2ccc(F)cc2)ccc(=O)n1-c1cccc(Oc2ccccc2)c1. The zero-order valence-electron chi connectivity index (χ0n) is 15.8. The number of ether oxygens (including phenoxy) is 1. The second-order valence-electron chi connectivity index (χ2n) is 6.55. The Morgan fingerprint density at radius 2 is 1.53 bits per heavy atom. The van der Waals surface area contributed by atoms with Gasteiger partial charge in [0.15, 0.2) is 5.78 Å². The van der Waals surface area contributed by atoms with E-state index in [1.165, 1.54) is 41.0 Å². The first-order valence-electron chi connectivity index (χ1n) is 9.18. The molecule has 5 nitrogen and oxygen atoms in total. The van der Waals surface area contributed by atoms with Crippen LogP contribution in [-0.2, 0) is 0 Å². The van der Waals surface area contributed by atoms with E-state index in [0.29, 0.717) is 17.2 Å². The molecule has 0 amide bonds. The molecule has 30 heavy (non-hydrogen) atoms. The lowest BCUT2D eigenvalue weighted by atomic mass is 10.0. The summed E-state index contributed by atoms with van der Waals surface area (Å²) < 4.78 is 20.2. The molecule has 0 aliphatic heterocycles. The fourth-order valence-electron chi connectivity index (χ4n) is 3.08. The molecule has 2 N–H and O–H groups in total. The number of benzene rings is 3. The Labute approximate surface area is 171 Å². The molecule has 1 aromatic heterocycles. The van der Waals surface area contributed by atoms with Gasteiger partial charge in [0.05, 0.1) is 11.3 Å². The number of hydrogen-bond acceptors (Lipinski definition) is 4. The molecule has 0 spiro atoms. The van der Waals surface area contributed by atoms with Crippen LogP contribution in [0.4, 0.5) is 10.2 Å². The van der Waals surface area contributed by atoms with E-state index in [1.807, 2.05) is 30.3 Å². The fraction of sp³-hybridized carbons (Fsp3) is 0. The van der Waals surface area contributed by atoms with Gasteiger partial charge in [-0.3, -0.25) is 14.2 Å². The number of para-hydroxylation sites is 1. The summed E-state index contributed by atoms with van der Waals surface area (Å²) in [6.45, 7) is 0. The van der Waals surface area contributed by atoms with Gasteiger partial charge in [0.2, 0.25) is 0 Å². The molecule has 4 rings (SSSR count). The first-order valence-corrected chi connectivity index (χ1v) is 9.18. The van der Waals surface area contributed by atoms with Gasteiger partial charge in [-0.05, 0) is 54.6 Å². The third-order valence-electron chi connectivity index (χ3n) is 4.54. The van der Waals surface area contributed by atoms with Crippen molar-refractivity contribution in [2.45, 2.75) is 0 Å². The monoisotopic (exact) mass is 400 g/mol. The summed E-state index contributed by atoms with van der Waals surface area (Å²) in [5.41, 5.74) is 6.70. The Kier molecular flexibility index (Phi) is 5.13. The number of nitrogen functional groups attached to an aromatic ring is 1. The normalized spacial score (nSPS) is 10.6. The van der Waals surface area contributed by atoms with E-state index in [4.69, 9.17) is 10.5 Å². The van der Waals surface area contributed by atoms with Gasteiger partial charge in [-0.1, -0.05) is 24.3 Å². The molecule has 0 radical (unpaired) electrons. The standard InChI is InChI=1S/C24H17FN2O3/c25-17-11-9-16(10-12-17)23(29)21-13-14-22(28)27(24(21)26)18-5-4-8-20(15-18)30-19-6-2-1-3-7-19/h1-15H,26H2. The highest BCUT2D eigenvalue weighted by molar-refractivity contribution is 6.11. The predicted octanol–water partition coefficient (Wildman–Crippen LogP) is 4.58. The molecule has 0 saturated heterocycles. The smallest absolute Gasteiger partial charge is 0.256 e. The van der Waals surface area contributed by atoms with Gasteiger partial charge in [-0.2, -0.15) is 0 Å². The third kappa shape index (κ3) is 3.84. The Bertz CT molecular complexity index is 1270. The van der Waals surface area contributed by atoms with Gasteiger partial charge in [0.25, 0.3) is 5.56 Å². The largest absolute Gasteiger partial charge is 0.457 e. The molecule has 0 bridgehead atoms. The zero-order valence-corrected chi connectivity index (χ0v) is 15.8. The first kappa shape index (κ1) is 19.1. The first-order chi connectivity index (χ1) is 14.5. The molecular weight excluding hydrogens is 383 g/mol. The third-order valence-corrected chi connectivity index (χ3v) is 4.54. The van der Waals surface area contributed by atoms with Gasteiger partial charge < -0.3 is 10.5 Å². The molecule has 0 saturated carbocycles. The lowest BCUT2D eigenvalue weighted by Gasteiger charge is -2.14. The molecule has 4 aromatic rings. The Morgan fingerprint density at radius 3 is 2.27 bits per heavy atom. The van der Waals surface area contributed by atoms with Gasteiger partial charge >= 0.3 is 0 Å². The van der Waals surface area contributed by atoms with Crippen molar-refractivity contribution in [2.24, 2.45) is 0 Å². The number of ketones is 1. The minimum absolute atomic E-state index is 0.00585. The number of carbonyl (C=O) groups excluding carboxylic acids is 1. The van der Waals surface area contributed by atoms with Crippen LogP contribution in [0.5, 0.6) is 11.5 Å². The zero-order chi connectivity index (χ0) is 21.1. The van der Waals surface area contributed by atoms with E-state index in [9.17, 15) is 14.0 Å². The Morgan fingerprint density at radius 1 is 0.833 bits per heavy atom. The summed E-state index contributed by atoms with van der Waals surface area (Å²) in [6, 6.07) is 23.9. The van der Waals surface area contributed by atoms with Crippen LogP contribution in [0.15, 0.2) is 95.8 Å². The van der Waals surface area contributed by atoms with Crippen molar-refractivity contribution in [2.75, 3.05) is 5.73 Å². The summed E-state index contributed by atoms with van der Waals surface area (Å²) in [5, 5.41) is 0. The lowest BCUT2D eigenvalue weighted by molar-refractivity contribution is 0.103. The number of rotatable bonds is 5. The lowest BCUT2D eigenvalue weighted by Crippen LogP contribution is -2.23. The summed E-state index contributed by atoms with van der Waals surface area (Å²) in [4.78, 5) is 25.4. The highest BCUT2D eigenvalue weighted by atomic mass is 19.1. The maximum atomic E-state index is 13.2. The number of hydrogen-bond donors (Lipinski definition) is 1. The summed E-state index contributed by atoms with van der Waals surface area (Å²) in [5.74, 6) is 0.307. The number of pyridine rings is 1. The van der Waals surface area contributed by atoms with Crippen LogP contribution < -0.4 is 16.0 Å². The molecule has 0 aliphatic rings. The van der Waals surface area contributed by atoms with Gasteiger partial charge in [-0.15, -0.1) is 0 Å². The van der Waals surface area contributed by atoms with Crippen molar-refractivity contribution >= 4 is 11.6 Å². The summed E-state index contributed by atoms with van der Waals surface area (Å²) in [7, 11) is 0. The Hall–Kier alpha value is -4.19. The minimum atomic E-state index is -0.445. The van der Waals surface area contributed by atoms with Crippen molar-refractivity contribution in [1.82, 2.24) is 4.57 Å². The van der Waals surface area contributed by atoms with E-state index in [1.54, 1.807) is 24.3 Å². The number of halogens is 1. The number of anilines is 1. The fourth-order valence-corrected chi connectivity index (χ4v) is 3.08. The average molecular weight is 400 g/mol. The maximum Gasteiger partial charge on any atom is 0.256 e. The van der Waals surface area contributed by atoms with Crippen LogP contribution in [0, 0.1) is 5.82 Å². The van der Waals surface area contributed by atoms with Gasteiger partial charge in [-0.25, -0.2) is 4.39 Å². The number of nitrogens with two attached hydrogens (primary N) is 1. The topological polar surface area (TPSA) is 74.3 Å². The molecule has 0 atom stereocenters. The maximum absolute atomic E-state index is 13.2. The Balaban J connectivity index is 1.74. The quantitative estimate of drug-likeness (QED) is 0.498. The summed E-state index contributed by atoms with van der Waals surface area (Å²) in [6.07, 6.45) is 0. The van der Waals surface area contributed by atoms with Crippen molar-refractivity contribution in [3.8, 4) is 17.2 Å². The number of nitrogens with zero attached hydrogens (tertiary/aromatic N) is 1. The van der Waals surface area contributed by atoms with Crippen molar-refractivity contribution in [3.63, 3.8) is 0 Å². The van der Waals surface area contributed by atoms with Crippen LogP contribution in [0.25, 0.3) is 5.69 Å². The predicted molar refractivity (Wildman–Crippen MR) is 113 cm³/mol. The van der Waals surface area contributed by atoms with E-state index in [2.05, 4.69) is 0 Å². The second kappa shape index (κ2) is 8.05.